The van der Waals surface area contributed by atoms with Gasteiger partial charge in [-0.3, -0.25) is 9.69 Å². The number of carbonyl (C=O) groups is 2. The van der Waals surface area contributed by atoms with Crippen molar-refractivity contribution in [2.24, 2.45) is 5.73 Å². The lowest BCUT2D eigenvalue weighted by Gasteiger charge is -2.26. The number of alkyl halides is 1. The van der Waals surface area contributed by atoms with E-state index in [1.165, 1.54) is 0 Å². The van der Waals surface area contributed by atoms with Crippen LogP contribution in [0.4, 0.5) is 9.18 Å². The number of halogens is 1. The van der Waals surface area contributed by atoms with E-state index < -0.39 is 29.8 Å². The van der Waals surface area contributed by atoms with Crippen molar-refractivity contribution in [1.29, 1.82) is 0 Å². The Morgan fingerprint density at radius 2 is 2.00 bits per heavy atom. The van der Waals surface area contributed by atoms with Gasteiger partial charge in [0, 0.05) is 6.42 Å². The molecular formula is C10H17FN2O3. The summed E-state index contributed by atoms with van der Waals surface area (Å²) in [6.07, 6.45) is -1.96. The topological polar surface area (TPSA) is 72.6 Å². The van der Waals surface area contributed by atoms with Gasteiger partial charge in [-0.15, -0.1) is 0 Å². The zero-order chi connectivity index (χ0) is 12.5. The second kappa shape index (κ2) is 4.27. The van der Waals surface area contributed by atoms with Gasteiger partial charge in [-0.2, -0.15) is 0 Å². The Hall–Kier alpha value is -1.33. The highest BCUT2D eigenvalue weighted by Gasteiger charge is 2.40. The Morgan fingerprint density at radius 3 is 2.44 bits per heavy atom. The maximum absolute atomic E-state index is 13.1. The van der Waals surface area contributed by atoms with Gasteiger partial charge in [-0.1, -0.05) is 0 Å². The van der Waals surface area contributed by atoms with Crippen LogP contribution in [-0.4, -0.2) is 41.3 Å². The average Bonchev–Trinajstić information content (AvgIpc) is 2.44. The Balaban J connectivity index is 2.71. The number of ether oxygens (including phenoxy) is 1. The minimum absolute atomic E-state index is 0.0470. The number of carbonyl (C=O) groups excluding carboxylic acids is 2. The third-order valence-electron chi connectivity index (χ3n) is 2.21. The minimum Gasteiger partial charge on any atom is -0.444 e. The molecule has 0 saturated carbocycles. The molecule has 0 spiro atoms. The molecule has 1 aliphatic rings. The van der Waals surface area contributed by atoms with Crippen LogP contribution in [-0.2, 0) is 9.53 Å². The highest BCUT2D eigenvalue weighted by Crippen LogP contribution is 2.22. The van der Waals surface area contributed by atoms with Gasteiger partial charge in [-0.05, 0) is 20.8 Å². The summed E-state index contributed by atoms with van der Waals surface area (Å²) in [5, 5.41) is 0. The van der Waals surface area contributed by atoms with Crippen molar-refractivity contribution in [3.63, 3.8) is 0 Å². The van der Waals surface area contributed by atoms with Crippen molar-refractivity contribution in [3.8, 4) is 0 Å². The summed E-state index contributed by atoms with van der Waals surface area (Å²) in [6.45, 7) is 4.97. The fraction of sp³-hybridized carbons (Fsp3) is 0.800. The normalized spacial score (nSPS) is 25.6. The monoisotopic (exact) mass is 232 g/mol. The van der Waals surface area contributed by atoms with Crippen molar-refractivity contribution < 1.29 is 18.7 Å². The lowest BCUT2D eigenvalue weighted by Crippen LogP contribution is -2.45. The first-order valence-corrected chi connectivity index (χ1v) is 5.13. The number of nitrogens with two attached hydrogens (primary N) is 1. The van der Waals surface area contributed by atoms with Crippen LogP contribution in [0.15, 0.2) is 0 Å². The fourth-order valence-electron chi connectivity index (χ4n) is 1.58. The predicted octanol–water partition coefficient (Wildman–Crippen LogP) is 0.819. The van der Waals surface area contributed by atoms with Gasteiger partial charge in [0.15, 0.2) is 0 Å². The zero-order valence-electron chi connectivity index (χ0n) is 9.70. The van der Waals surface area contributed by atoms with E-state index in [0.717, 1.165) is 4.90 Å². The Kier molecular flexibility index (Phi) is 3.40. The molecule has 1 heterocycles. The maximum atomic E-state index is 13.1. The van der Waals surface area contributed by atoms with Crippen LogP contribution in [0.1, 0.15) is 27.2 Å². The van der Waals surface area contributed by atoms with E-state index in [4.69, 9.17) is 10.5 Å². The maximum Gasteiger partial charge on any atom is 0.411 e. The van der Waals surface area contributed by atoms with Gasteiger partial charge < -0.3 is 10.5 Å². The number of hydrogen-bond donors (Lipinski definition) is 1. The fourth-order valence-corrected chi connectivity index (χ4v) is 1.58. The first-order valence-electron chi connectivity index (χ1n) is 5.13. The lowest BCUT2D eigenvalue weighted by molar-refractivity contribution is -0.122. The molecule has 0 aromatic rings. The SMILES string of the molecule is CC(C)(C)OC(=O)N1CC(F)CC1C(N)=O. The van der Waals surface area contributed by atoms with Gasteiger partial charge >= 0.3 is 6.09 Å². The molecule has 16 heavy (non-hydrogen) atoms. The van der Waals surface area contributed by atoms with Crippen LogP contribution >= 0.6 is 0 Å². The van der Waals surface area contributed by atoms with Gasteiger partial charge in [0.1, 0.15) is 17.8 Å². The van der Waals surface area contributed by atoms with Crippen molar-refractivity contribution in [2.45, 2.75) is 45.0 Å². The van der Waals surface area contributed by atoms with Crippen molar-refractivity contribution in [3.05, 3.63) is 0 Å². The Labute approximate surface area is 93.7 Å². The van der Waals surface area contributed by atoms with E-state index in [0.29, 0.717) is 0 Å². The molecule has 6 heteroatoms. The summed E-state index contributed by atoms with van der Waals surface area (Å²) < 4.78 is 18.2. The molecular weight excluding hydrogens is 215 g/mol. The molecule has 0 radical (unpaired) electrons. The molecule has 0 aromatic heterocycles. The van der Waals surface area contributed by atoms with Gasteiger partial charge in [-0.25, -0.2) is 9.18 Å². The first-order chi connectivity index (χ1) is 7.20. The second-order valence-corrected chi connectivity index (χ2v) is 4.88. The number of likely N-dealkylation sites (tertiary alicyclic amines) is 1. The smallest absolute Gasteiger partial charge is 0.411 e. The van der Waals surface area contributed by atoms with Crippen molar-refractivity contribution in [1.82, 2.24) is 4.90 Å². The van der Waals surface area contributed by atoms with E-state index in [1.807, 2.05) is 0 Å². The van der Waals surface area contributed by atoms with E-state index >= 15 is 0 Å². The molecule has 1 fully saturated rings. The number of primary amides is 1. The van der Waals surface area contributed by atoms with Gasteiger partial charge in [0.05, 0.1) is 6.54 Å². The highest BCUT2D eigenvalue weighted by molar-refractivity contribution is 5.85. The molecule has 1 saturated heterocycles. The Morgan fingerprint density at radius 1 is 1.44 bits per heavy atom. The standard InChI is InChI=1S/C10H17FN2O3/c1-10(2,3)16-9(15)13-5-6(11)4-7(13)8(12)14/h6-7H,4-5H2,1-3H3,(H2,12,14). The first kappa shape index (κ1) is 12.7. The van der Waals surface area contributed by atoms with Crippen molar-refractivity contribution in [2.75, 3.05) is 6.54 Å². The minimum atomic E-state index is -1.22. The van der Waals surface area contributed by atoms with Crippen LogP contribution in [0.25, 0.3) is 0 Å². The highest BCUT2D eigenvalue weighted by atomic mass is 19.1. The van der Waals surface area contributed by atoms with Gasteiger partial charge in [0.2, 0.25) is 5.91 Å². The second-order valence-electron chi connectivity index (χ2n) is 4.88. The number of rotatable bonds is 1. The van der Waals surface area contributed by atoms with Crippen molar-refractivity contribution >= 4 is 12.0 Å². The van der Waals surface area contributed by atoms with Crippen LogP contribution < -0.4 is 5.73 Å². The molecule has 0 bridgehead atoms. The van der Waals surface area contributed by atoms with E-state index in [2.05, 4.69) is 0 Å². The molecule has 2 amide bonds. The third kappa shape index (κ3) is 3.08. The van der Waals surface area contributed by atoms with Crippen LogP contribution in [0.2, 0.25) is 0 Å². The lowest BCUT2D eigenvalue weighted by atomic mass is 10.2. The zero-order valence-corrected chi connectivity index (χ0v) is 9.70. The molecule has 92 valence electrons. The summed E-state index contributed by atoms with van der Waals surface area (Å²) in [7, 11) is 0. The number of nitrogens with zero attached hydrogens (tertiary/aromatic N) is 1. The molecule has 2 unspecified atom stereocenters. The predicted molar refractivity (Wildman–Crippen MR) is 55.4 cm³/mol. The quantitative estimate of drug-likeness (QED) is 0.727. The van der Waals surface area contributed by atoms with E-state index in [1.54, 1.807) is 20.8 Å². The number of amides is 2. The summed E-state index contributed by atoms with van der Waals surface area (Å²) in [5.74, 6) is -0.703. The van der Waals surface area contributed by atoms with Crippen LogP contribution in [0, 0.1) is 0 Å². The van der Waals surface area contributed by atoms with E-state index in [-0.39, 0.29) is 13.0 Å². The molecule has 1 rings (SSSR count). The summed E-state index contributed by atoms with van der Waals surface area (Å²) in [6, 6.07) is -0.898. The summed E-state index contributed by atoms with van der Waals surface area (Å²) in [5.41, 5.74) is 4.42. The average molecular weight is 232 g/mol. The molecule has 2 N–H and O–H groups in total. The molecule has 0 aromatic carbocycles. The van der Waals surface area contributed by atoms with E-state index in [9.17, 15) is 14.0 Å². The third-order valence-corrected chi connectivity index (χ3v) is 2.21. The molecule has 1 aliphatic heterocycles. The van der Waals surface area contributed by atoms with Gasteiger partial charge in [0.25, 0.3) is 0 Å². The Bertz CT molecular complexity index is 301. The molecule has 5 nitrogen and oxygen atoms in total. The molecule has 0 aliphatic carbocycles. The summed E-state index contributed by atoms with van der Waals surface area (Å²) in [4.78, 5) is 23.7. The van der Waals surface area contributed by atoms with Crippen LogP contribution in [0.3, 0.4) is 0 Å². The molecule has 2 atom stereocenters. The van der Waals surface area contributed by atoms with Crippen LogP contribution in [0.5, 0.6) is 0 Å². The summed E-state index contributed by atoms with van der Waals surface area (Å²) >= 11 is 0. The number of hydrogen-bond acceptors (Lipinski definition) is 3. The largest absolute Gasteiger partial charge is 0.444 e.